The first kappa shape index (κ1) is 14.8. The van der Waals surface area contributed by atoms with Crippen LogP contribution >= 0.6 is 11.8 Å². The van der Waals surface area contributed by atoms with Gasteiger partial charge in [-0.2, -0.15) is 17.0 Å². The van der Waals surface area contributed by atoms with Crippen LogP contribution in [0.15, 0.2) is 6.07 Å². The summed E-state index contributed by atoms with van der Waals surface area (Å²) in [7, 11) is 2.03. The molecule has 0 fully saturated rings. The second kappa shape index (κ2) is 6.65. The molecule has 0 aliphatic heterocycles. The number of nitriles is 1. The normalized spacial score (nSPS) is 12.0. The predicted octanol–water partition coefficient (Wildman–Crippen LogP) is 3.15. The van der Waals surface area contributed by atoms with E-state index in [1.165, 1.54) is 0 Å². The number of anilines is 1. The van der Waals surface area contributed by atoms with Gasteiger partial charge in [-0.3, -0.25) is 0 Å². The van der Waals surface area contributed by atoms with Crippen LogP contribution in [0.25, 0.3) is 0 Å². The molecule has 18 heavy (non-hydrogen) atoms. The van der Waals surface area contributed by atoms with Gasteiger partial charge in [0.2, 0.25) is 0 Å². The Labute approximate surface area is 114 Å². The molecule has 0 saturated heterocycles. The van der Waals surface area contributed by atoms with E-state index in [0.717, 1.165) is 29.2 Å². The number of aromatic nitrogens is 1. The molecule has 1 unspecified atom stereocenters. The standard InChI is InChI=1S/C14H21N3S/c1-6-12(9-18-5)17(4)14-13(8-15)10(2)7-11(3)16-14/h7,12H,6,9H2,1-5H3. The highest BCUT2D eigenvalue weighted by atomic mass is 32.2. The van der Waals surface area contributed by atoms with Crippen molar-refractivity contribution in [3.63, 3.8) is 0 Å². The van der Waals surface area contributed by atoms with Crippen LogP contribution in [0.4, 0.5) is 5.82 Å². The highest BCUT2D eigenvalue weighted by molar-refractivity contribution is 7.98. The van der Waals surface area contributed by atoms with Crippen LogP contribution in [-0.2, 0) is 0 Å². The fourth-order valence-electron chi connectivity index (χ4n) is 2.08. The van der Waals surface area contributed by atoms with E-state index >= 15 is 0 Å². The van der Waals surface area contributed by atoms with Crippen molar-refractivity contribution < 1.29 is 0 Å². The summed E-state index contributed by atoms with van der Waals surface area (Å²) in [5.74, 6) is 1.86. The van der Waals surface area contributed by atoms with E-state index in [4.69, 9.17) is 0 Å². The Morgan fingerprint density at radius 2 is 2.17 bits per heavy atom. The first-order chi connectivity index (χ1) is 8.54. The van der Waals surface area contributed by atoms with Crippen LogP contribution in [0, 0.1) is 25.2 Å². The molecule has 0 aliphatic carbocycles. The van der Waals surface area contributed by atoms with Crippen molar-refractivity contribution in [2.45, 2.75) is 33.2 Å². The number of rotatable bonds is 5. The largest absolute Gasteiger partial charge is 0.355 e. The summed E-state index contributed by atoms with van der Waals surface area (Å²) < 4.78 is 0. The molecule has 1 aromatic heterocycles. The summed E-state index contributed by atoms with van der Waals surface area (Å²) in [6.45, 7) is 6.12. The van der Waals surface area contributed by atoms with Crippen molar-refractivity contribution in [1.82, 2.24) is 4.98 Å². The molecule has 1 rings (SSSR count). The minimum atomic E-state index is 0.417. The Morgan fingerprint density at radius 1 is 1.50 bits per heavy atom. The molecule has 1 atom stereocenters. The fourth-order valence-corrected chi connectivity index (χ4v) is 2.92. The molecule has 1 heterocycles. The van der Waals surface area contributed by atoms with Crippen molar-refractivity contribution >= 4 is 17.6 Å². The van der Waals surface area contributed by atoms with Gasteiger partial charge in [-0.1, -0.05) is 6.92 Å². The lowest BCUT2D eigenvalue weighted by molar-refractivity contribution is 0.664. The first-order valence-corrected chi connectivity index (χ1v) is 7.54. The second-order valence-corrected chi connectivity index (χ2v) is 5.43. The molecule has 0 spiro atoms. The molecule has 3 nitrogen and oxygen atoms in total. The Kier molecular flexibility index (Phi) is 5.49. The van der Waals surface area contributed by atoms with Crippen molar-refractivity contribution in [2.24, 2.45) is 0 Å². The summed E-state index contributed by atoms with van der Waals surface area (Å²) in [4.78, 5) is 6.70. The molecule has 0 aromatic carbocycles. The zero-order valence-electron chi connectivity index (χ0n) is 11.8. The number of hydrogen-bond acceptors (Lipinski definition) is 4. The van der Waals surface area contributed by atoms with Gasteiger partial charge in [-0.15, -0.1) is 0 Å². The lowest BCUT2D eigenvalue weighted by Crippen LogP contribution is -2.34. The van der Waals surface area contributed by atoms with Crippen molar-refractivity contribution in [2.75, 3.05) is 24.0 Å². The quantitative estimate of drug-likeness (QED) is 0.818. The van der Waals surface area contributed by atoms with E-state index in [0.29, 0.717) is 11.6 Å². The van der Waals surface area contributed by atoms with Crippen molar-refractivity contribution in [1.29, 1.82) is 5.26 Å². The van der Waals surface area contributed by atoms with Gasteiger partial charge in [0.05, 0.1) is 5.56 Å². The maximum absolute atomic E-state index is 9.30. The number of hydrogen-bond donors (Lipinski definition) is 0. The maximum atomic E-state index is 9.30. The number of nitrogens with zero attached hydrogens (tertiary/aromatic N) is 3. The van der Waals surface area contributed by atoms with Gasteiger partial charge in [-0.05, 0) is 38.2 Å². The molecule has 0 bridgehead atoms. The SMILES string of the molecule is CCC(CSC)N(C)c1nc(C)cc(C)c1C#N. The summed E-state index contributed by atoms with van der Waals surface area (Å²) in [5.41, 5.74) is 2.67. The summed E-state index contributed by atoms with van der Waals surface area (Å²) in [6, 6.07) is 4.66. The van der Waals surface area contributed by atoms with E-state index in [1.807, 2.05) is 38.7 Å². The number of thioether (sulfide) groups is 1. The average Bonchev–Trinajstić information content (AvgIpc) is 2.34. The minimum Gasteiger partial charge on any atom is -0.355 e. The Balaban J connectivity index is 3.19. The zero-order valence-corrected chi connectivity index (χ0v) is 12.6. The lowest BCUT2D eigenvalue weighted by Gasteiger charge is -2.29. The third kappa shape index (κ3) is 3.17. The average molecular weight is 263 g/mol. The molecule has 1 aromatic rings. The van der Waals surface area contributed by atoms with Crippen LogP contribution < -0.4 is 4.90 Å². The van der Waals surface area contributed by atoms with Gasteiger partial charge in [0.15, 0.2) is 0 Å². The smallest absolute Gasteiger partial charge is 0.147 e. The Bertz CT molecular complexity index is 451. The summed E-state index contributed by atoms with van der Waals surface area (Å²) in [6.07, 6.45) is 3.16. The van der Waals surface area contributed by atoms with Gasteiger partial charge >= 0.3 is 0 Å². The highest BCUT2D eigenvalue weighted by Gasteiger charge is 2.18. The van der Waals surface area contributed by atoms with Crippen LogP contribution in [0.5, 0.6) is 0 Å². The third-order valence-electron chi connectivity index (χ3n) is 3.15. The number of pyridine rings is 1. The fraction of sp³-hybridized carbons (Fsp3) is 0.571. The van der Waals surface area contributed by atoms with Crippen LogP contribution in [0.2, 0.25) is 0 Å². The van der Waals surface area contributed by atoms with E-state index in [-0.39, 0.29) is 0 Å². The van der Waals surface area contributed by atoms with Gasteiger partial charge in [0.1, 0.15) is 11.9 Å². The minimum absolute atomic E-state index is 0.417. The molecule has 98 valence electrons. The highest BCUT2D eigenvalue weighted by Crippen LogP contribution is 2.24. The first-order valence-electron chi connectivity index (χ1n) is 6.15. The molecular formula is C14H21N3S. The van der Waals surface area contributed by atoms with Crippen molar-refractivity contribution in [3.05, 3.63) is 22.9 Å². The van der Waals surface area contributed by atoms with E-state index in [1.54, 1.807) is 0 Å². The number of aryl methyl sites for hydroxylation is 2. The van der Waals surface area contributed by atoms with E-state index < -0.39 is 0 Å². The van der Waals surface area contributed by atoms with E-state index in [9.17, 15) is 5.26 Å². The summed E-state index contributed by atoms with van der Waals surface area (Å²) in [5, 5.41) is 9.30. The lowest BCUT2D eigenvalue weighted by atomic mass is 10.1. The Hall–Kier alpha value is -1.21. The molecule has 4 heteroatoms. The molecule has 0 saturated carbocycles. The molecule has 0 radical (unpaired) electrons. The molecular weight excluding hydrogens is 242 g/mol. The summed E-state index contributed by atoms with van der Waals surface area (Å²) >= 11 is 1.83. The van der Waals surface area contributed by atoms with Gasteiger partial charge in [-0.25, -0.2) is 4.98 Å². The van der Waals surface area contributed by atoms with Gasteiger partial charge in [0.25, 0.3) is 0 Å². The molecule has 0 aliphatic rings. The van der Waals surface area contributed by atoms with E-state index in [2.05, 4.69) is 29.1 Å². The van der Waals surface area contributed by atoms with Gasteiger partial charge in [0, 0.05) is 24.5 Å². The van der Waals surface area contributed by atoms with Crippen LogP contribution in [0.1, 0.15) is 30.2 Å². The van der Waals surface area contributed by atoms with Crippen LogP contribution in [0.3, 0.4) is 0 Å². The topological polar surface area (TPSA) is 39.9 Å². The Morgan fingerprint density at radius 3 is 2.67 bits per heavy atom. The predicted molar refractivity (Wildman–Crippen MR) is 79.3 cm³/mol. The van der Waals surface area contributed by atoms with Gasteiger partial charge < -0.3 is 4.90 Å². The molecule has 0 amide bonds. The second-order valence-electron chi connectivity index (χ2n) is 4.52. The maximum Gasteiger partial charge on any atom is 0.147 e. The zero-order chi connectivity index (χ0) is 13.7. The molecule has 0 N–H and O–H groups in total. The third-order valence-corrected chi connectivity index (χ3v) is 3.87. The monoisotopic (exact) mass is 263 g/mol. The van der Waals surface area contributed by atoms with Crippen LogP contribution in [-0.4, -0.2) is 30.1 Å². The van der Waals surface area contributed by atoms with Crippen molar-refractivity contribution in [3.8, 4) is 6.07 Å².